The minimum atomic E-state index is 0. The second-order valence-corrected chi connectivity index (χ2v) is 17.0. The molecule has 0 atom stereocenters. The van der Waals surface area contributed by atoms with E-state index in [1.807, 2.05) is 60.1 Å². The number of rotatable bonds is 3. The topological polar surface area (TPSA) is 106 Å². The van der Waals surface area contributed by atoms with Gasteiger partial charge >= 0.3 is 0 Å². The molecule has 13 rings (SSSR count). The number of hydrogen-bond acceptors (Lipinski definition) is 10. The number of H-pyrrole nitrogens is 1. The smallest absolute Gasteiger partial charge is 0.148 e. The number of imidazole rings is 1. The first kappa shape index (κ1) is 38.5. The molecule has 292 valence electrons. The summed E-state index contributed by atoms with van der Waals surface area (Å²) in [6.45, 7) is 0. The van der Waals surface area contributed by atoms with E-state index in [0.29, 0.717) is 0 Å². The van der Waals surface area contributed by atoms with Crippen LogP contribution in [0, 0.1) is 0 Å². The first-order chi connectivity index (χ1) is 29.7. The molecule has 0 fully saturated rings. The molecule has 0 unspecified atom stereocenters. The van der Waals surface area contributed by atoms with Crippen molar-refractivity contribution < 1.29 is 19.8 Å². The van der Waals surface area contributed by atoms with Crippen molar-refractivity contribution in [2.75, 3.05) is 0 Å². The minimum absolute atomic E-state index is 0. The standard InChI is InChI=1S/C25H14N4S3.2C12H8N2.Os/c1-4-14-21(26-11-1)22-15(5-2-12-27-22)24-23(14)28-25(29-24)20-10-9-19(32-20)18-8-7-17(31-18)16-6-3-13-30-16;2*1-3-9-5-6-10-4-2-8-14-12(10)11(9)13-7-1;/h1-13H,(H,28,29);2*1-8H;. The van der Waals surface area contributed by atoms with E-state index < -0.39 is 0 Å². The third kappa shape index (κ3) is 7.34. The molecule has 0 spiro atoms. The number of thiophene rings is 3. The molecule has 0 aliphatic carbocycles. The number of nitrogens with zero attached hydrogens (tertiary/aromatic N) is 7. The van der Waals surface area contributed by atoms with Gasteiger partial charge in [-0.1, -0.05) is 54.6 Å². The average molecular weight is 1020 g/mol. The Morgan fingerprint density at radius 3 is 1.25 bits per heavy atom. The normalized spacial score (nSPS) is 11.1. The molecule has 0 radical (unpaired) electrons. The number of fused-ring (bicyclic) bond motifs is 12. The predicted molar refractivity (Wildman–Crippen MR) is 251 cm³/mol. The molecule has 0 saturated carbocycles. The Balaban J connectivity index is 0.000000127. The summed E-state index contributed by atoms with van der Waals surface area (Å²) in [6.07, 6.45) is 10.8. The zero-order chi connectivity index (χ0) is 39.8. The molecule has 0 amide bonds. The summed E-state index contributed by atoms with van der Waals surface area (Å²) in [4.78, 5) is 41.5. The Morgan fingerprint density at radius 1 is 0.344 bits per heavy atom. The van der Waals surface area contributed by atoms with Crippen LogP contribution in [0.2, 0.25) is 0 Å². The van der Waals surface area contributed by atoms with Crippen LogP contribution in [0.1, 0.15) is 0 Å². The molecule has 13 aromatic rings. The van der Waals surface area contributed by atoms with Crippen LogP contribution in [0.3, 0.4) is 0 Å². The summed E-state index contributed by atoms with van der Waals surface area (Å²) in [5.41, 5.74) is 7.65. The summed E-state index contributed by atoms with van der Waals surface area (Å²) in [7, 11) is 0. The van der Waals surface area contributed by atoms with E-state index in [4.69, 9.17) is 4.98 Å². The van der Waals surface area contributed by atoms with Crippen molar-refractivity contribution in [1.29, 1.82) is 0 Å². The molecule has 8 nitrogen and oxygen atoms in total. The fourth-order valence-corrected chi connectivity index (χ4v) is 10.3. The Morgan fingerprint density at radius 2 is 0.754 bits per heavy atom. The van der Waals surface area contributed by atoms with Gasteiger partial charge in [0.2, 0.25) is 0 Å². The van der Waals surface area contributed by atoms with Gasteiger partial charge in [0.1, 0.15) is 5.82 Å². The summed E-state index contributed by atoms with van der Waals surface area (Å²) in [6, 6.07) is 45.4. The van der Waals surface area contributed by atoms with Crippen LogP contribution in [0.5, 0.6) is 0 Å². The molecule has 0 bridgehead atoms. The maximum Gasteiger partial charge on any atom is 0.148 e. The van der Waals surface area contributed by atoms with Gasteiger partial charge < -0.3 is 4.98 Å². The third-order valence-electron chi connectivity index (χ3n) is 10.2. The molecule has 3 aromatic carbocycles. The van der Waals surface area contributed by atoms with Crippen molar-refractivity contribution >= 4 is 110 Å². The molecule has 10 heterocycles. The van der Waals surface area contributed by atoms with Gasteiger partial charge in [-0.15, -0.1) is 34.0 Å². The quantitative estimate of drug-likeness (QED) is 0.176. The maximum absolute atomic E-state index is 5.01. The second kappa shape index (κ2) is 16.8. The van der Waals surface area contributed by atoms with E-state index in [2.05, 4.69) is 137 Å². The first-order valence-electron chi connectivity index (χ1n) is 19.2. The molecule has 61 heavy (non-hydrogen) atoms. The van der Waals surface area contributed by atoms with Gasteiger partial charge in [-0.3, -0.25) is 29.9 Å². The van der Waals surface area contributed by atoms with Crippen LogP contribution in [-0.2, 0) is 19.8 Å². The number of aromatic amines is 1. The van der Waals surface area contributed by atoms with Crippen LogP contribution in [0.25, 0.3) is 107 Å². The largest absolute Gasteiger partial charge is 0.337 e. The molecule has 1 N–H and O–H groups in total. The zero-order valence-electron chi connectivity index (χ0n) is 32.0. The maximum atomic E-state index is 5.01. The summed E-state index contributed by atoms with van der Waals surface area (Å²) < 4.78 is 0. The van der Waals surface area contributed by atoms with Crippen molar-refractivity contribution in [2.24, 2.45) is 0 Å². The van der Waals surface area contributed by atoms with E-state index in [1.54, 1.807) is 47.5 Å². The minimum Gasteiger partial charge on any atom is -0.337 e. The molecule has 10 aromatic heterocycles. The van der Waals surface area contributed by atoms with Gasteiger partial charge in [0, 0.05) is 109 Å². The number of hydrogen-bond donors (Lipinski definition) is 1. The number of nitrogens with one attached hydrogen (secondary N) is 1. The van der Waals surface area contributed by atoms with Crippen molar-refractivity contribution in [3.8, 4) is 30.2 Å². The molecule has 0 aliphatic heterocycles. The van der Waals surface area contributed by atoms with E-state index >= 15 is 0 Å². The van der Waals surface area contributed by atoms with Gasteiger partial charge in [-0.25, -0.2) is 4.98 Å². The predicted octanol–water partition coefficient (Wildman–Crippen LogP) is 13.4. The van der Waals surface area contributed by atoms with Crippen molar-refractivity contribution in [3.63, 3.8) is 0 Å². The Labute approximate surface area is 373 Å². The third-order valence-corrected chi connectivity index (χ3v) is 13.6. The van der Waals surface area contributed by atoms with Crippen molar-refractivity contribution in [3.05, 3.63) is 176 Å². The van der Waals surface area contributed by atoms with Crippen LogP contribution in [0.4, 0.5) is 0 Å². The Bertz CT molecular complexity index is 3360. The van der Waals surface area contributed by atoms with Crippen LogP contribution in [-0.4, -0.2) is 39.9 Å². The Hall–Kier alpha value is -6.67. The fourth-order valence-electron chi connectivity index (χ4n) is 7.44. The van der Waals surface area contributed by atoms with Gasteiger partial charge in [-0.05, 0) is 84.2 Å². The van der Waals surface area contributed by atoms with Crippen LogP contribution < -0.4 is 0 Å². The first-order valence-corrected chi connectivity index (χ1v) is 21.7. The molecule has 0 aliphatic rings. The number of benzene rings is 3. The average Bonchev–Trinajstić information content (AvgIpc) is 4.17. The van der Waals surface area contributed by atoms with Crippen molar-refractivity contribution in [1.82, 2.24) is 39.9 Å². The monoisotopic (exact) mass is 1020 g/mol. The second-order valence-electron chi connectivity index (χ2n) is 13.8. The Kier molecular flexibility index (Phi) is 10.6. The molecular formula is C49H30N8OsS3. The summed E-state index contributed by atoms with van der Waals surface area (Å²) in [5, 5.41) is 8.74. The van der Waals surface area contributed by atoms with Crippen molar-refractivity contribution in [2.45, 2.75) is 0 Å². The summed E-state index contributed by atoms with van der Waals surface area (Å²) in [5.74, 6) is 0.882. The van der Waals surface area contributed by atoms with Gasteiger partial charge in [0.15, 0.2) is 0 Å². The molecular weight excluding hydrogens is 987 g/mol. The van der Waals surface area contributed by atoms with Crippen LogP contribution in [0.15, 0.2) is 176 Å². The van der Waals surface area contributed by atoms with E-state index in [-0.39, 0.29) is 19.8 Å². The zero-order valence-corrected chi connectivity index (χ0v) is 36.9. The van der Waals surface area contributed by atoms with E-state index in [1.165, 1.54) is 19.5 Å². The van der Waals surface area contributed by atoms with Gasteiger partial charge in [-0.2, -0.15) is 0 Å². The number of aromatic nitrogens is 8. The summed E-state index contributed by atoms with van der Waals surface area (Å²) >= 11 is 5.38. The van der Waals surface area contributed by atoms with E-state index in [9.17, 15) is 0 Å². The van der Waals surface area contributed by atoms with Crippen LogP contribution >= 0.6 is 34.0 Å². The fraction of sp³-hybridized carbons (Fsp3) is 0. The number of pyridine rings is 6. The SMILES string of the molecule is [Os].c1cnc2c(c1)ccc1cccnc12.c1cnc2c(c1)ccc1cccnc12.c1csc(-c2ccc(-c3ccc(-c4nc5c6cccnc6c6ncccc6c5[nH]4)s3)s2)c1. The van der Waals surface area contributed by atoms with Gasteiger partial charge in [0.05, 0.1) is 49.0 Å². The van der Waals surface area contributed by atoms with Gasteiger partial charge in [0.25, 0.3) is 0 Å². The van der Waals surface area contributed by atoms with E-state index in [0.717, 1.165) is 87.2 Å². The molecule has 0 saturated heterocycles. The molecule has 12 heteroatoms.